The zero-order valence-electron chi connectivity index (χ0n) is 16.7. The van der Waals surface area contributed by atoms with E-state index < -0.39 is 0 Å². The first-order chi connectivity index (χ1) is 14.0. The third kappa shape index (κ3) is 3.33. The van der Waals surface area contributed by atoms with Crippen LogP contribution in [0.4, 0.5) is 0 Å². The van der Waals surface area contributed by atoms with Crippen LogP contribution in [-0.4, -0.2) is 29.8 Å². The number of nitrogens with zero attached hydrogens (tertiary/aromatic N) is 1. The molecule has 148 valence electrons. The number of phenolic OH excluding ortho intramolecular Hbond substituents is 1. The maximum atomic E-state index is 11.5. The van der Waals surface area contributed by atoms with Gasteiger partial charge in [0.15, 0.2) is 0 Å². The van der Waals surface area contributed by atoms with Crippen LogP contribution in [0.2, 0.25) is 0 Å². The van der Waals surface area contributed by atoms with Crippen LogP contribution in [0.15, 0.2) is 48.7 Å². The molecule has 4 rings (SSSR count). The maximum absolute atomic E-state index is 11.5. The van der Waals surface area contributed by atoms with Crippen LogP contribution >= 0.6 is 0 Å². The number of rotatable bonds is 4. The number of methoxy groups -OCH3 is 1. The number of ether oxygens (including phenoxy) is 2. The third-order valence-corrected chi connectivity index (χ3v) is 5.47. The quantitative estimate of drug-likeness (QED) is 0.658. The van der Waals surface area contributed by atoms with Gasteiger partial charge in [-0.05, 0) is 60.4 Å². The molecule has 5 heteroatoms. The summed E-state index contributed by atoms with van der Waals surface area (Å²) in [7, 11) is 1.63. The number of hydrogen-bond acceptors (Lipinski definition) is 5. The van der Waals surface area contributed by atoms with Crippen LogP contribution in [0.3, 0.4) is 0 Å². The number of pyridine rings is 1. The zero-order valence-corrected chi connectivity index (χ0v) is 16.7. The van der Waals surface area contributed by atoms with Gasteiger partial charge in [0.25, 0.3) is 0 Å². The van der Waals surface area contributed by atoms with Gasteiger partial charge in [0.05, 0.1) is 19.4 Å². The van der Waals surface area contributed by atoms with Gasteiger partial charge in [0.2, 0.25) is 0 Å². The Hall–Kier alpha value is -3.34. The molecule has 0 radical (unpaired) electrons. The Morgan fingerprint density at radius 2 is 2.00 bits per heavy atom. The number of esters is 1. The first-order valence-corrected chi connectivity index (χ1v) is 9.58. The second-order valence-electron chi connectivity index (χ2n) is 7.28. The van der Waals surface area contributed by atoms with Crippen molar-refractivity contribution in [2.75, 3.05) is 13.7 Å². The SMILES string of the molecule is COc1ccc(-c2ccccn2)c2c1-c1c(O)ccc(C)c1C(COC(C)=O)C2. The summed E-state index contributed by atoms with van der Waals surface area (Å²) < 4.78 is 11.1. The van der Waals surface area contributed by atoms with E-state index in [4.69, 9.17) is 9.47 Å². The van der Waals surface area contributed by atoms with E-state index in [-0.39, 0.29) is 24.2 Å². The molecule has 29 heavy (non-hydrogen) atoms. The summed E-state index contributed by atoms with van der Waals surface area (Å²) in [4.78, 5) is 16.0. The van der Waals surface area contributed by atoms with Gasteiger partial charge >= 0.3 is 5.97 Å². The van der Waals surface area contributed by atoms with Crippen LogP contribution in [0.5, 0.6) is 11.5 Å². The predicted molar refractivity (Wildman–Crippen MR) is 111 cm³/mol. The van der Waals surface area contributed by atoms with E-state index in [2.05, 4.69) is 4.98 Å². The molecular weight excluding hydrogens is 366 g/mol. The van der Waals surface area contributed by atoms with Gasteiger partial charge < -0.3 is 14.6 Å². The van der Waals surface area contributed by atoms with Crippen LogP contribution in [0.1, 0.15) is 29.5 Å². The Kier molecular flexibility index (Phi) is 4.97. The summed E-state index contributed by atoms with van der Waals surface area (Å²) in [5, 5.41) is 10.8. The first kappa shape index (κ1) is 19.0. The lowest BCUT2D eigenvalue weighted by atomic mass is 9.74. The minimum absolute atomic E-state index is 0.0666. The summed E-state index contributed by atoms with van der Waals surface area (Å²) in [6, 6.07) is 13.3. The molecule has 1 heterocycles. The minimum atomic E-state index is -0.314. The summed E-state index contributed by atoms with van der Waals surface area (Å²) in [6.45, 7) is 3.68. The highest BCUT2D eigenvalue weighted by atomic mass is 16.5. The highest BCUT2D eigenvalue weighted by Crippen LogP contribution is 2.51. The number of aromatic nitrogens is 1. The van der Waals surface area contributed by atoms with Crippen molar-refractivity contribution in [3.63, 3.8) is 0 Å². The molecule has 1 aliphatic carbocycles. The van der Waals surface area contributed by atoms with Crippen molar-refractivity contribution in [2.45, 2.75) is 26.2 Å². The molecule has 1 atom stereocenters. The van der Waals surface area contributed by atoms with E-state index in [1.54, 1.807) is 19.4 Å². The highest BCUT2D eigenvalue weighted by molar-refractivity contribution is 5.89. The van der Waals surface area contributed by atoms with Crippen molar-refractivity contribution in [2.24, 2.45) is 0 Å². The number of aromatic hydroxyl groups is 1. The Morgan fingerprint density at radius 1 is 1.17 bits per heavy atom. The van der Waals surface area contributed by atoms with Gasteiger partial charge in [0, 0.05) is 35.7 Å². The second-order valence-corrected chi connectivity index (χ2v) is 7.28. The lowest BCUT2D eigenvalue weighted by Gasteiger charge is -2.32. The monoisotopic (exact) mass is 389 g/mol. The van der Waals surface area contributed by atoms with E-state index in [9.17, 15) is 9.90 Å². The normalized spacial score (nSPS) is 14.7. The van der Waals surface area contributed by atoms with Crippen molar-refractivity contribution < 1.29 is 19.4 Å². The third-order valence-electron chi connectivity index (χ3n) is 5.47. The number of hydrogen-bond donors (Lipinski definition) is 1. The molecule has 2 aromatic carbocycles. The number of fused-ring (bicyclic) bond motifs is 3. The van der Waals surface area contributed by atoms with Gasteiger partial charge in [-0.25, -0.2) is 0 Å². The fourth-order valence-electron chi connectivity index (χ4n) is 4.25. The molecule has 0 amide bonds. The van der Waals surface area contributed by atoms with Gasteiger partial charge in [-0.15, -0.1) is 0 Å². The van der Waals surface area contributed by atoms with Gasteiger partial charge in [-0.2, -0.15) is 0 Å². The molecule has 0 fully saturated rings. The van der Waals surface area contributed by atoms with Crippen molar-refractivity contribution in [3.05, 3.63) is 65.4 Å². The Morgan fingerprint density at radius 3 is 2.69 bits per heavy atom. The fraction of sp³-hybridized carbons (Fsp3) is 0.250. The molecular formula is C24H23NO4. The molecule has 0 spiro atoms. The average Bonchev–Trinajstić information content (AvgIpc) is 2.73. The number of carbonyl (C=O) groups excluding carboxylic acids is 1. The van der Waals surface area contributed by atoms with Crippen molar-refractivity contribution >= 4 is 5.97 Å². The second kappa shape index (κ2) is 7.59. The number of carbonyl (C=O) groups is 1. The number of aryl methyl sites for hydroxylation is 1. The van der Waals surface area contributed by atoms with Gasteiger partial charge in [-0.3, -0.25) is 9.78 Å². The lowest BCUT2D eigenvalue weighted by Crippen LogP contribution is -2.20. The van der Waals surface area contributed by atoms with Crippen LogP contribution in [-0.2, 0) is 16.0 Å². The average molecular weight is 389 g/mol. The number of benzene rings is 2. The first-order valence-electron chi connectivity index (χ1n) is 9.58. The van der Waals surface area contributed by atoms with Crippen molar-refractivity contribution in [1.29, 1.82) is 0 Å². The van der Waals surface area contributed by atoms with Crippen LogP contribution < -0.4 is 4.74 Å². The predicted octanol–water partition coefficient (Wildman–Crippen LogP) is 4.64. The van der Waals surface area contributed by atoms with E-state index in [0.717, 1.165) is 39.1 Å². The molecule has 0 bridgehead atoms. The summed E-state index contributed by atoms with van der Waals surface area (Å²) in [5.74, 6) is 0.512. The molecule has 0 saturated heterocycles. The summed E-state index contributed by atoms with van der Waals surface area (Å²) in [5.41, 5.74) is 6.55. The van der Waals surface area contributed by atoms with E-state index in [1.807, 2.05) is 43.3 Å². The standard InChI is InChI=1S/C24H23NO4/c1-14-7-9-20(27)24-22(14)16(13-29-15(2)26)12-18-17(19-6-4-5-11-25-19)8-10-21(28-3)23(18)24/h4-11,16,27H,12-13H2,1-3H3. The summed E-state index contributed by atoms with van der Waals surface area (Å²) >= 11 is 0. The molecule has 0 aliphatic heterocycles. The van der Waals surface area contributed by atoms with Gasteiger partial charge in [-0.1, -0.05) is 12.1 Å². The Bertz CT molecular complexity index is 1080. The number of phenols is 1. The van der Waals surface area contributed by atoms with Crippen LogP contribution in [0, 0.1) is 6.92 Å². The van der Waals surface area contributed by atoms with E-state index in [1.165, 1.54) is 6.92 Å². The smallest absolute Gasteiger partial charge is 0.302 e. The minimum Gasteiger partial charge on any atom is -0.507 e. The Labute approximate surface area is 169 Å². The maximum Gasteiger partial charge on any atom is 0.302 e. The largest absolute Gasteiger partial charge is 0.507 e. The highest BCUT2D eigenvalue weighted by Gasteiger charge is 2.33. The molecule has 1 N–H and O–H groups in total. The molecule has 3 aromatic rings. The molecule has 1 aromatic heterocycles. The zero-order chi connectivity index (χ0) is 20.5. The molecule has 5 nitrogen and oxygen atoms in total. The van der Waals surface area contributed by atoms with Crippen LogP contribution in [0.25, 0.3) is 22.4 Å². The van der Waals surface area contributed by atoms with E-state index >= 15 is 0 Å². The topological polar surface area (TPSA) is 68.7 Å². The van der Waals surface area contributed by atoms with Crippen molar-refractivity contribution in [3.8, 4) is 33.9 Å². The van der Waals surface area contributed by atoms with Gasteiger partial charge in [0.1, 0.15) is 11.5 Å². The summed E-state index contributed by atoms with van der Waals surface area (Å²) in [6.07, 6.45) is 2.42. The fourth-order valence-corrected chi connectivity index (χ4v) is 4.25. The molecule has 1 unspecified atom stereocenters. The van der Waals surface area contributed by atoms with E-state index in [0.29, 0.717) is 12.2 Å². The van der Waals surface area contributed by atoms with Crippen molar-refractivity contribution in [1.82, 2.24) is 4.98 Å². The molecule has 0 saturated carbocycles. The Balaban J connectivity index is 2.00. The molecule has 1 aliphatic rings. The lowest BCUT2D eigenvalue weighted by molar-refractivity contribution is -0.141.